The number of morpholine rings is 1. The van der Waals surface area contributed by atoms with Crippen LogP contribution in [-0.2, 0) is 18.8 Å². The SMILES string of the molecule is Cn1c(=O)n(C)c2c(OCCN3CCOCC3)cc(N)cc21. The lowest BCUT2D eigenvalue weighted by molar-refractivity contribution is 0.0323. The second-order valence-corrected chi connectivity index (χ2v) is 5.59. The Labute approximate surface area is 128 Å². The summed E-state index contributed by atoms with van der Waals surface area (Å²) in [6.07, 6.45) is 0. The number of rotatable bonds is 4. The third kappa shape index (κ3) is 2.69. The summed E-state index contributed by atoms with van der Waals surface area (Å²) in [5.41, 5.74) is 8.01. The van der Waals surface area contributed by atoms with Gasteiger partial charge in [-0.05, 0) is 6.07 Å². The number of nitrogen functional groups attached to an aromatic ring is 1. The Bertz CT molecular complexity index is 728. The van der Waals surface area contributed by atoms with Crippen molar-refractivity contribution >= 4 is 16.7 Å². The third-order valence-corrected chi connectivity index (χ3v) is 4.12. The van der Waals surface area contributed by atoms with Gasteiger partial charge in [-0.2, -0.15) is 0 Å². The first-order chi connectivity index (χ1) is 10.6. The van der Waals surface area contributed by atoms with Crippen LogP contribution in [0.2, 0.25) is 0 Å². The maximum absolute atomic E-state index is 12.1. The number of aromatic nitrogens is 2. The van der Waals surface area contributed by atoms with Crippen molar-refractivity contribution in [3.8, 4) is 5.75 Å². The Morgan fingerprint density at radius 3 is 2.68 bits per heavy atom. The van der Waals surface area contributed by atoms with Gasteiger partial charge in [0.25, 0.3) is 0 Å². The van der Waals surface area contributed by atoms with Crippen LogP contribution in [0.15, 0.2) is 16.9 Å². The maximum atomic E-state index is 12.1. The Morgan fingerprint density at radius 1 is 1.23 bits per heavy atom. The largest absolute Gasteiger partial charge is 0.490 e. The average molecular weight is 306 g/mol. The molecule has 1 aliphatic rings. The molecular formula is C15H22N4O3. The van der Waals surface area contributed by atoms with Gasteiger partial charge in [-0.15, -0.1) is 0 Å². The highest BCUT2D eigenvalue weighted by atomic mass is 16.5. The van der Waals surface area contributed by atoms with Crippen LogP contribution in [0.4, 0.5) is 5.69 Å². The van der Waals surface area contributed by atoms with Crippen LogP contribution < -0.4 is 16.2 Å². The zero-order valence-electron chi connectivity index (χ0n) is 13.0. The van der Waals surface area contributed by atoms with Crippen LogP contribution in [0.3, 0.4) is 0 Å². The molecule has 0 amide bonds. The highest BCUT2D eigenvalue weighted by molar-refractivity contribution is 5.86. The normalized spacial score (nSPS) is 16.3. The lowest BCUT2D eigenvalue weighted by Gasteiger charge is -2.26. The summed E-state index contributed by atoms with van der Waals surface area (Å²) in [6, 6.07) is 3.58. The van der Waals surface area contributed by atoms with Crippen LogP contribution in [-0.4, -0.2) is 53.5 Å². The Balaban J connectivity index is 1.81. The summed E-state index contributed by atoms with van der Waals surface area (Å²) in [6.45, 7) is 4.80. The van der Waals surface area contributed by atoms with E-state index in [0.29, 0.717) is 18.0 Å². The van der Waals surface area contributed by atoms with Gasteiger partial charge in [-0.1, -0.05) is 0 Å². The molecule has 0 unspecified atom stereocenters. The number of nitrogens with zero attached hydrogens (tertiary/aromatic N) is 3. The van der Waals surface area contributed by atoms with E-state index in [1.54, 1.807) is 35.4 Å². The fourth-order valence-corrected chi connectivity index (χ4v) is 2.85. The Hall–Kier alpha value is -1.99. The molecule has 0 radical (unpaired) electrons. The number of anilines is 1. The molecule has 1 aromatic carbocycles. The van der Waals surface area contributed by atoms with Crippen molar-refractivity contribution in [1.29, 1.82) is 0 Å². The topological polar surface area (TPSA) is 74.6 Å². The molecule has 7 heteroatoms. The molecule has 1 aliphatic heterocycles. The lowest BCUT2D eigenvalue weighted by atomic mass is 10.2. The second-order valence-electron chi connectivity index (χ2n) is 5.59. The van der Waals surface area contributed by atoms with E-state index in [2.05, 4.69) is 4.90 Å². The van der Waals surface area contributed by atoms with Crippen molar-refractivity contribution in [2.24, 2.45) is 14.1 Å². The van der Waals surface area contributed by atoms with E-state index in [0.717, 1.165) is 43.9 Å². The van der Waals surface area contributed by atoms with Gasteiger partial charge in [-0.3, -0.25) is 14.0 Å². The van der Waals surface area contributed by atoms with Gasteiger partial charge in [0.1, 0.15) is 17.9 Å². The molecule has 7 nitrogen and oxygen atoms in total. The first kappa shape index (κ1) is 14.9. The molecule has 0 aliphatic carbocycles. The van der Waals surface area contributed by atoms with Gasteiger partial charge < -0.3 is 15.2 Å². The molecule has 120 valence electrons. The summed E-state index contributed by atoms with van der Waals surface area (Å²) in [4.78, 5) is 14.4. The molecule has 1 aromatic heterocycles. The van der Waals surface area contributed by atoms with E-state index in [9.17, 15) is 4.79 Å². The number of benzene rings is 1. The van der Waals surface area contributed by atoms with Crippen molar-refractivity contribution in [3.05, 3.63) is 22.6 Å². The quantitative estimate of drug-likeness (QED) is 0.815. The smallest absolute Gasteiger partial charge is 0.328 e. The van der Waals surface area contributed by atoms with E-state index in [1.807, 2.05) is 0 Å². The summed E-state index contributed by atoms with van der Waals surface area (Å²) in [5, 5.41) is 0. The first-order valence-corrected chi connectivity index (χ1v) is 7.46. The van der Waals surface area contributed by atoms with E-state index in [4.69, 9.17) is 15.2 Å². The van der Waals surface area contributed by atoms with Gasteiger partial charge in [-0.25, -0.2) is 4.79 Å². The number of imidazole rings is 1. The molecule has 2 aromatic rings. The van der Waals surface area contributed by atoms with Gasteiger partial charge in [0.2, 0.25) is 0 Å². The minimum atomic E-state index is -0.0846. The molecule has 2 heterocycles. The lowest BCUT2D eigenvalue weighted by Crippen LogP contribution is -2.38. The van der Waals surface area contributed by atoms with E-state index in [1.165, 1.54) is 0 Å². The minimum Gasteiger partial charge on any atom is -0.490 e. The monoisotopic (exact) mass is 306 g/mol. The van der Waals surface area contributed by atoms with Crippen LogP contribution in [0.5, 0.6) is 5.75 Å². The number of hydrogen-bond donors (Lipinski definition) is 1. The fraction of sp³-hybridized carbons (Fsp3) is 0.533. The molecule has 0 spiro atoms. The van der Waals surface area contributed by atoms with E-state index >= 15 is 0 Å². The predicted octanol–water partition coefficient (Wildman–Crippen LogP) is 0.170. The standard InChI is InChI=1S/C15H22N4O3/c1-17-12-9-11(16)10-13(14(12)18(2)15(17)20)22-8-5-19-3-6-21-7-4-19/h9-10H,3-8,16H2,1-2H3. The van der Waals surface area contributed by atoms with Gasteiger partial charge in [0, 0.05) is 45.5 Å². The molecule has 3 rings (SSSR count). The fourth-order valence-electron chi connectivity index (χ4n) is 2.85. The number of nitrogens with two attached hydrogens (primary N) is 1. The van der Waals surface area contributed by atoms with Gasteiger partial charge in [0.15, 0.2) is 0 Å². The zero-order chi connectivity index (χ0) is 15.7. The predicted molar refractivity (Wildman–Crippen MR) is 85.3 cm³/mol. The van der Waals surface area contributed by atoms with Crippen LogP contribution in [0.1, 0.15) is 0 Å². The van der Waals surface area contributed by atoms with Crippen molar-refractivity contribution in [1.82, 2.24) is 14.0 Å². The zero-order valence-corrected chi connectivity index (χ0v) is 13.0. The van der Waals surface area contributed by atoms with Gasteiger partial charge in [0.05, 0.1) is 18.7 Å². The average Bonchev–Trinajstić information content (AvgIpc) is 2.73. The molecule has 1 saturated heterocycles. The molecular weight excluding hydrogens is 284 g/mol. The van der Waals surface area contributed by atoms with Gasteiger partial charge >= 0.3 is 5.69 Å². The third-order valence-electron chi connectivity index (χ3n) is 4.12. The van der Waals surface area contributed by atoms with Crippen molar-refractivity contribution in [3.63, 3.8) is 0 Å². The van der Waals surface area contributed by atoms with Crippen molar-refractivity contribution in [2.75, 3.05) is 45.2 Å². The van der Waals surface area contributed by atoms with Crippen LogP contribution >= 0.6 is 0 Å². The molecule has 2 N–H and O–H groups in total. The van der Waals surface area contributed by atoms with Crippen LogP contribution in [0.25, 0.3) is 11.0 Å². The highest BCUT2D eigenvalue weighted by Gasteiger charge is 2.15. The van der Waals surface area contributed by atoms with E-state index in [-0.39, 0.29) is 5.69 Å². The molecule has 1 fully saturated rings. The van der Waals surface area contributed by atoms with Crippen LogP contribution in [0, 0.1) is 0 Å². The summed E-state index contributed by atoms with van der Waals surface area (Å²) in [5.74, 6) is 0.656. The summed E-state index contributed by atoms with van der Waals surface area (Å²) >= 11 is 0. The Kier molecular flexibility index (Phi) is 4.08. The first-order valence-electron chi connectivity index (χ1n) is 7.46. The highest BCUT2D eigenvalue weighted by Crippen LogP contribution is 2.27. The van der Waals surface area contributed by atoms with E-state index < -0.39 is 0 Å². The molecule has 0 atom stereocenters. The summed E-state index contributed by atoms with van der Waals surface area (Å²) in [7, 11) is 3.48. The number of fused-ring (bicyclic) bond motifs is 1. The minimum absolute atomic E-state index is 0.0846. The second kappa shape index (κ2) is 6.02. The molecule has 0 saturated carbocycles. The maximum Gasteiger partial charge on any atom is 0.328 e. The summed E-state index contributed by atoms with van der Waals surface area (Å²) < 4.78 is 14.4. The molecule has 22 heavy (non-hydrogen) atoms. The number of hydrogen-bond acceptors (Lipinski definition) is 5. The number of ether oxygens (including phenoxy) is 2. The van der Waals surface area contributed by atoms with Crippen molar-refractivity contribution in [2.45, 2.75) is 0 Å². The number of aryl methyl sites for hydroxylation is 2. The van der Waals surface area contributed by atoms with Crippen molar-refractivity contribution < 1.29 is 9.47 Å². The Morgan fingerprint density at radius 2 is 1.95 bits per heavy atom. The molecule has 0 bridgehead atoms.